The molecule has 0 aromatic heterocycles. The third-order valence-electron chi connectivity index (χ3n) is 2.84. The molecule has 0 spiro atoms. The predicted molar refractivity (Wildman–Crippen MR) is 75.0 cm³/mol. The molecule has 21 heavy (non-hydrogen) atoms. The molecule has 0 saturated heterocycles. The first-order valence-electron chi connectivity index (χ1n) is 6.12. The Labute approximate surface area is 119 Å². The summed E-state index contributed by atoms with van der Waals surface area (Å²) in [6.45, 7) is 1.75. The Bertz CT molecular complexity index is 661. The van der Waals surface area contributed by atoms with Crippen LogP contribution in [0, 0.1) is 6.92 Å². The van der Waals surface area contributed by atoms with Crippen LogP contribution in [0.2, 0.25) is 0 Å². The minimum Gasteiger partial charge on any atom is -0.399 e. The molecule has 0 radical (unpaired) electrons. The van der Waals surface area contributed by atoms with E-state index < -0.39 is 17.6 Å². The minimum absolute atomic E-state index is 0.212. The molecule has 0 saturated carbocycles. The molecule has 1 amide bonds. The van der Waals surface area contributed by atoms with Crippen molar-refractivity contribution in [1.29, 1.82) is 0 Å². The van der Waals surface area contributed by atoms with E-state index in [1.807, 2.05) is 0 Å². The van der Waals surface area contributed by atoms with Gasteiger partial charge in [-0.15, -0.1) is 0 Å². The highest BCUT2D eigenvalue weighted by atomic mass is 19.4. The average molecular weight is 294 g/mol. The van der Waals surface area contributed by atoms with Crippen LogP contribution in [0.25, 0.3) is 0 Å². The van der Waals surface area contributed by atoms with Gasteiger partial charge in [-0.3, -0.25) is 4.79 Å². The van der Waals surface area contributed by atoms with Crippen LogP contribution in [0.4, 0.5) is 24.5 Å². The molecule has 3 N–H and O–H groups in total. The topological polar surface area (TPSA) is 55.1 Å². The van der Waals surface area contributed by atoms with Gasteiger partial charge in [0, 0.05) is 11.3 Å². The van der Waals surface area contributed by atoms with Gasteiger partial charge in [-0.2, -0.15) is 13.2 Å². The number of nitrogens with two attached hydrogens (primary N) is 1. The number of aryl methyl sites for hydroxylation is 1. The first-order valence-corrected chi connectivity index (χ1v) is 6.12. The summed E-state index contributed by atoms with van der Waals surface area (Å²) in [6, 6.07) is 9.46. The van der Waals surface area contributed by atoms with Crippen molar-refractivity contribution in [2.24, 2.45) is 0 Å². The summed E-state index contributed by atoms with van der Waals surface area (Å²) in [7, 11) is 0. The van der Waals surface area contributed by atoms with E-state index in [2.05, 4.69) is 5.32 Å². The van der Waals surface area contributed by atoms with Crippen molar-refractivity contribution >= 4 is 17.3 Å². The number of anilines is 2. The first kappa shape index (κ1) is 14.9. The Morgan fingerprint density at radius 3 is 2.43 bits per heavy atom. The highest BCUT2D eigenvalue weighted by Gasteiger charge is 2.33. The van der Waals surface area contributed by atoms with Gasteiger partial charge >= 0.3 is 6.18 Å². The zero-order valence-corrected chi connectivity index (χ0v) is 11.2. The molecule has 6 heteroatoms. The van der Waals surface area contributed by atoms with Gasteiger partial charge in [-0.25, -0.2) is 0 Å². The zero-order valence-electron chi connectivity index (χ0n) is 11.2. The number of nitrogen functional groups attached to an aromatic ring is 1. The molecular weight excluding hydrogens is 281 g/mol. The molecule has 2 aromatic rings. The predicted octanol–water partition coefficient (Wildman–Crippen LogP) is 3.85. The third-order valence-corrected chi connectivity index (χ3v) is 2.84. The smallest absolute Gasteiger partial charge is 0.399 e. The lowest BCUT2D eigenvalue weighted by Crippen LogP contribution is -2.16. The summed E-state index contributed by atoms with van der Waals surface area (Å²) in [4.78, 5) is 12.1. The molecule has 0 fully saturated rings. The van der Waals surface area contributed by atoms with Crippen LogP contribution >= 0.6 is 0 Å². The highest BCUT2D eigenvalue weighted by Crippen LogP contribution is 2.34. The zero-order chi connectivity index (χ0) is 15.6. The number of hydrogen-bond acceptors (Lipinski definition) is 2. The standard InChI is InChI=1S/C15H13F3N2O/c1-9-6-10(8-11(19)7-9)14(21)20-13-5-3-2-4-12(13)15(16,17)18/h2-8H,19H2,1H3,(H,20,21). The lowest BCUT2D eigenvalue weighted by atomic mass is 10.1. The van der Waals surface area contributed by atoms with E-state index in [4.69, 9.17) is 5.73 Å². The molecule has 2 rings (SSSR count). The SMILES string of the molecule is Cc1cc(N)cc(C(=O)Nc2ccccc2C(F)(F)F)c1. The van der Waals surface area contributed by atoms with E-state index in [0.717, 1.165) is 11.6 Å². The van der Waals surface area contributed by atoms with Crippen LogP contribution < -0.4 is 11.1 Å². The van der Waals surface area contributed by atoms with Gasteiger partial charge in [0.2, 0.25) is 0 Å². The third kappa shape index (κ3) is 3.53. The molecular formula is C15H13F3N2O. The molecule has 0 aliphatic heterocycles. The maximum absolute atomic E-state index is 12.9. The molecule has 0 bridgehead atoms. The molecule has 110 valence electrons. The lowest BCUT2D eigenvalue weighted by Gasteiger charge is -2.13. The number of carbonyl (C=O) groups is 1. The Morgan fingerprint density at radius 2 is 1.81 bits per heavy atom. The Kier molecular flexibility index (Phi) is 3.88. The van der Waals surface area contributed by atoms with E-state index in [9.17, 15) is 18.0 Å². The number of carbonyl (C=O) groups excluding carboxylic acids is 1. The first-order chi connectivity index (χ1) is 9.77. The number of hydrogen-bond donors (Lipinski definition) is 2. The van der Waals surface area contributed by atoms with E-state index >= 15 is 0 Å². The summed E-state index contributed by atoms with van der Waals surface area (Å²) in [5.41, 5.74) is 5.80. The van der Waals surface area contributed by atoms with Crippen LogP contribution in [0.3, 0.4) is 0 Å². The van der Waals surface area contributed by atoms with E-state index in [1.54, 1.807) is 19.1 Å². The second-order valence-corrected chi connectivity index (χ2v) is 4.63. The van der Waals surface area contributed by atoms with Crippen LogP contribution in [-0.2, 0) is 6.18 Å². The average Bonchev–Trinajstić information content (AvgIpc) is 2.37. The number of alkyl halides is 3. The van der Waals surface area contributed by atoms with Gasteiger partial charge in [0.05, 0.1) is 11.3 Å². The quantitative estimate of drug-likeness (QED) is 0.827. The van der Waals surface area contributed by atoms with Crippen molar-refractivity contribution in [2.45, 2.75) is 13.1 Å². The molecule has 0 aliphatic rings. The number of halogens is 3. The molecule has 3 nitrogen and oxygen atoms in total. The molecule has 0 aliphatic carbocycles. The molecule has 0 heterocycles. The number of nitrogens with one attached hydrogen (secondary N) is 1. The van der Waals surface area contributed by atoms with Crippen molar-refractivity contribution in [3.63, 3.8) is 0 Å². The Hall–Kier alpha value is -2.50. The van der Waals surface area contributed by atoms with Crippen molar-refractivity contribution in [3.05, 3.63) is 59.2 Å². The van der Waals surface area contributed by atoms with Crippen molar-refractivity contribution < 1.29 is 18.0 Å². The normalized spacial score (nSPS) is 11.2. The fourth-order valence-corrected chi connectivity index (χ4v) is 1.98. The number of benzene rings is 2. The van der Waals surface area contributed by atoms with Crippen molar-refractivity contribution in [3.8, 4) is 0 Å². The maximum atomic E-state index is 12.9. The fourth-order valence-electron chi connectivity index (χ4n) is 1.98. The second-order valence-electron chi connectivity index (χ2n) is 4.63. The number of para-hydroxylation sites is 1. The largest absolute Gasteiger partial charge is 0.418 e. The van der Waals surface area contributed by atoms with Crippen LogP contribution in [0.1, 0.15) is 21.5 Å². The number of rotatable bonds is 2. The van der Waals surface area contributed by atoms with Gasteiger partial charge in [-0.1, -0.05) is 12.1 Å². The van der Waals surface area contributed by atoms with Gasteiger partial charge in [0.25, 0.3) is 5.91 Å². The molecule has 0 atom stereocenters. The van der Waals surface area contributed by atoms with Crippen molar-refractivity contribution in [2.75, 3.05) is 11.1 Å². The van der Waals surface area contributed by atoms with Crippen LogP contribution in [0.15, 0.2) is 42.5 Å². The summed E-state index contributed by atoms with van der Waals surface area (Å²) in [5, 5.41) is 2.27. The van der Waals surface area contributed by atoms with E-state index in [1.165, 1.54) is 24.3 Å². The van der Waals surface area contributed by atoms with Gasteiger partial charge in [0.15, 0.2) is 0 Å². The minimum atomic E-state index is -4.53. The van der Waals surface area contributed by atoms with E-state index in [0.29, 0.717) is 5.69 Å². The monoisotopic (exact) mass is 294 g/mol. The second kappa shape index (κ2) is 5.47. The van der Waals surface area contributed by atoms with Gasteiger partial charge in [-0.05, 0) is 42.8 Å². The maximum Gasteiger partial charge on any atom is 0.418 e. The summed E-state index contributed by atoms with van der Waals surface area (Å²) in [6.07, 6.45) is -4.53. The van der Waals surface area contributed by atoms with Gasteiger partial charge in [0.1, 0.15) is 0 Å². The Morgan fingerprint density at radius 1 is 1.14 bits per heavy atom. The molecule has 2 aromatic carbocycles. The van der Waals surface area contributed by atoms with Crippen LogP contribution in [-0.4, -0.2) is 5.91 Å². The summed E-state index contributed by atoms with van der Waals surface area (Å²) in [5.74, 6) is -0.637. The lowest BCUT2D eigenvalue weighted by molar-refractivity contribution is -0.136. The summed E-state index contributed by atoms with van der Waals surface area (Å²) >= 11 is 0. The molecule has 0 unspecified atom stereocenters. The fraction of sp³-hybridized carbons (Fsp3) is 0.133. The van der Waals surface area contributed by atoms with Gasteiger partial charge < -0.3 is 11.1 Å². The summed E-state index contributed by atoms with van der Waals surface area (Å²) < 4.78 is 38.6. The van der Waals surface area contributed by atoms with Crippen LogP contribution in [0.5, 0.6) is 0 Å². The van der Waals surface area contributed by atoms with E-state index in [-0.39, 0.29) is 11.3 Å². The highest BCUT2D eigenvalue weighted by molar-refractivity contribution is 6.05. The Balaban J connectivity index is 2.32. The number of amides is 1. The van der Waals surface area contributed by atoms with Crippen molar-refractivity contribution in [1.82, 2.24) is 0 Å².